The molecule has 0 spiro atoms. The summed E-state index contributed by atoms with van der Waals surface area (Å²) in [4.78, 5) is 9.16. The van der Waals surface area contributed by atoms with E-state index in [9.17, 15) is 0 Å². The van der Waals surface area contributed by atoms with Crippen molar-refractivity contribution in [1.82, 2.24) is 10.2 Å². The number of piperazine rings is 1. The van der Waals surface area contributed by atoms with Crippen molar-refractivity contribution in [3.05, 3.63) is 46.7 Å². The van der Waals surface area contributed by atoms with Crippen LogP contribution in [0.4, 0.5) is 5.69 Å². The van der Waals surface area contributed by atoms with Crippen LogP contribution in [0.5, 0.6) is 5.75 Å². The molecule has 0 radical (unpaired) electrons. The molecular formula is C18H24N4OS. The lowest BCUT2D eigenvalue weighted by atomic mass is 10.2. The Hall–Kier alpha value is -2.21. The Kier molecular flexibility index (Phi) is 5.59. The molecule has 3 rings (SSSR count). The van der Waals surface area contributed by atoms with E-state index in [4.69, 9.17) is 4.74 Å². The summed E-state index contributed by atoms with van der Waals surface area (Å²) in [6.07, 6.45) is 0. The lowest BCUT2D eigenvalue weighted by Crippen LogP contribution is -2.52. The summed E-state index contributed by atoms with van der Waals surface area (Å²) in [7, 11) is 3.55. The second kappa shape index (κ2) is 8.06. The summed E-state index contributed by atoms with van der Waals surface area (Å²) in [6, 6.07) is 10.4. The van der Waals surface area contributed by atoms with Gasteiger partial charge in [-0.15, -0.1) is 0 Å². The van der Waals surface area contributed by atoms with E-state index in [1.54, 1.807) is 18.4 Å². The van der Waals surface area contributed by atoms with Crippen molar-refractivity contribution < 1.29 is 4.74 Å². The Labute approximate surface area is 147 Å². The van der Waals surface area contributed by atoms with E-state index in [2.05, 4.69) is 49.1 Å². The number of ether oxygens (including phenoxy) is 1. The van der Waals surface area contributed by atoms with Crippen LogP contribution in [-0.4, -0.2) is 51.2 Å². The number of aliphatic imine (C=N–C) groups is 1. The first-order chi connectivity index (χ1) is 11.8. The van der Waals surface area contributed by atoms with Crippen LogP contribution in [0.15, 0.2) is 46.1 Å². The molecule has 5 nitrogen and oxygen atoms in total. The predicted octanol–water partition coefficient (Wildman–Crippen LogP) is 2.65. The Balaban J connectivity index is 1.53. The number of nitrogens with zero attached hydrogens (tertiary/aromatic N) is 3. The fraction of sp³-hybridized carbons (Fsp3) is 0.389. The molecule has 6 heteroatoms. The number of thiophene rings is 1. The zero-order valence-corrected chi connectivity index (χ0v) is 15.1. The third-order valence-electron chi connectivity index (χ3n) is 4.26. The third kappa shape index (κ3) is 4.00. The maximum Gasteiger partial charge on any atom is 0.194 e. The Morgan fingerprint density at radius 2 is 1.92 bits per heavy atom. The summed E-state index contributed by atoms with van der Waals surface area (Å²) in [5, 5.41) is 7.73. The van der Waals surface area contributed by atoms with Crippen LogP contribution in [0, 0.1) is 0 Å². The van der Waals surface area contributed by atoms with Crippen molar-refractivity contribution >= 4 is 23.0 Å². The molecule has 0 saturated carbocycles. The van der Waals surface area contributed by atoms with Gasteiger partial charge in [0.2, 0.25) is 0 Å². The second-order valence-corrected chi connectivity index (χ2v) is 6.48. The molecule has 24 heavy (non-hydrogen) atoms. The molecule has 1 saturated heterocycles. The van der Waals surface area contributed by atoms with Gasteiger partial charge >= 0.3 is 0 Å². The largest absolute Gasteiger partial charge is 0.497 e. The number of nitrogens with one attached hydrogen (secondary N) is 1. The molecular weight excluding hydrogens is 320 g/mol. The van der Waals surface area contributed by atoms with E-state index in [1.807, 2.05) is 19.2 Å². The van der Waals surface area contributed by atoms with Gasteiger partial charge in [0.25, 0.3) is 0 Å². The Bertz CT molecular complexity index is 646. The number of guanidine groups is 1. The van der Waals surface area contributed by atoms with Crippen molar-refractivity contribution in [2.24, 2.45) is 4.99 Å². The maximum atomic E-state index is 5.23. The lowest BCUT2D eigenvalue weighted by molar-refractivity contribution is 0.372. The van der Waals surface area contributed by atoms with Crippen LogP contribution in [0.1, 0.15) is 5.56 Å². The SMILES string of the molecule is CN=C(NCc1ccsc1)N1CCN(c2ccc(OC)cc2)CC1. The number of hydrogen-bond acceptors (Lipinski definition) is 4. The highest BCUT2D eigenvalue weighted by molar-refractivity contribution is 7.07. The summed E-state index contributed by atoms with van der Waals surface area (Å²) in [5.41, 5.74) is 2.55. The number of methoxy groups -OCH3 is 1. The van der Waals surface area contributed by atoms with Gasteiger partial charge in [0.05, 0.1) is 7.11 Å². The fourth-order valence-corrected chi connectivity index (χ4v) is 3.54. The van der Waals surface area contributed by atoms with Gasteiger partial charge in [-0.3, -0.25) is 4.99 Å². The minimum Gasteiger partial charge on any atom is -0.497 e. The van der Waals surface area contributed by atoms with E-state index in [1.165, 1.54) is 11.3 Å². The van der Waals surface area contributed by atoms with Gasteiger partial charge in [-0.1, -0.05) is 0 Å². The standard InChI is InChI=1S/C18H24N4OS/c1-19-18(20-13-15-7-12-24-14-15)22-10-8-21(9-11-22)16-3-5-17(23-2)6-4-16/h3-7,12,14H,8-11,13H2,1-2H3,(H,19,20). The average Bonchev–Trinajstić information content (AvgIpc) is 3.16. The van der Waals surface area contributed by atoms with Crippen molar-refractivity contribution in [2.75, 3.05) is 45.2 Å². The van der Waals surface area contributed by atoms with Gasteiger partial charge in [-0.05, 0) is 46.7 Å². The quantitative estimate of drug-likeness (QED) is 0.684. The first-order valence-electron chi connectivity index (χ1n) is 8.16. The number of anilines is 1. The first-order valence-corrected chi connectivity index (χ1v) is 9.10. The molecule has 0 atom stereocenters. The number of benzene rings is 1. The molecule has 2 heterocycles. The number of rotatable bonds is 4. The Morgan fingerprint density at radius 1 is 1.17 bits per heavy atom. The third-order valence-corrected chi connectivity index (χ3v) is 4.99. The van der Waals surface area contributed by atoms with Gasteiger partial charge in [-0.25, -0.2) is 0 Å². The van der Waals surface area contributed by atoms with Crippen molar-refractivity contribution in [3.63, 3.8) is 0 Å². The molecule has 0 unspecified atom stereocenters. The molecule has 1 aromatic carbocycles. The van der Waals surface area contributed by atoms with Crippen LogP contribution in [0.3, 0.4) is 0 Å². The van der Waals surface area contributed by atoms with Crippen molar-refractivity contribution in [3.8, 4) is 5.75 Å². The van der Waals surface area contributed by atoms with Crippen LogP contribution >= 0.6 is 11.3 Å². The molecule has 0 amide bonds. The smallest absolute Gasteiger partial charge is 0.194 e. The zero-order valence-electron chi connectivity index (χ0n) is 14.2. The van der Waals surface area contributed by atoms with Gasteiger partial charge in [0, 0.05) is 45.5 Å². The molecule has 128 valence electrons. The summed E-state index contributed by atoms with van der Waals surface area (Å²) >= 11 is 1.73. The highest BCUT2D eigenvalue weighted by atomic mass is 32.1. The summed E-state index contributed by atoms with van der Waals surface area (Å²) in [5.74, 6) is 1.88. The van der Waals surface area contributed by atoms with Crippen molar-refractivity contribution in [1.29, 1.82) is 0 Å². The molecule has 0 bridgehead atoms. The monoisotopic (exact) mass is 344 g/mol. The van der Waals surface area contributed by atoms with Gasteiger partial charge in [-0.2, -0.15) is 11.3 Å². The lowest BCUT2D eigenvalue weighted by Gasteiger charge is -2.37. The van der Waals surface area contributed by atoms with Crippen LogP contribution in [0.25, 0.3) is 0 Å². The van der Waals surface area contributed by atoms with Gasteiger partial charge in [0.1, 0.15) is 5.75 Å². The maximum absolute atomic E-state index is 5.23. The average molecular weight is 344 g/mol. The van der Waals surface area contributed by atoms with Crippen LogP contribution in [-0.2, 0) is 6.54 Å². The van der Waals surface area contributed by atoms with E-state index in [0.29, 0.717) is 0 Å². The zero-order chi connectivity index (χ0) is 16.8. The molecule has 1 aromatic heterocycles. The van der Waals surface area contributed by atoms with Crippen molar-refractivity contribution in [2.45, 2.75) is 6.54 Å². The van der Waals surface area contributed by atoms with E-state index in [0.717, 1.165) is 44.4 Å². The Morgan fingerprint density at radius 3 is 2.50 bits per heavy atom. The molecule has 1 aliphatic heterocycles. The van der Waals surface area contributed by atoms with E-state index >= 15 is 0 Å². The van der Waals surface area contributed by atoms with Gasteiger partial charge in [0.15, 0.2) is 5.96 Å². The molecule has 1 N–H and O–H groups in total. The highest BCUT2D eigenvalue weighted by Gasteiger charge is 2.19. The van der Waals surface area contributed by atoms with E-state index < -0.39 is 0 Å². The molecule has 2 aromatic rings. The first kappa shape index (κ1) is 16.6. The summed E-state index contributed by atoms with van der Waals surface area (Å²) in [6.45, 7) is 4.75. The molecule has 1 aliphatic rings. The predicted molar refractivity (Wildman–Crippen MR) is 101 cm³/mol. The van der Waals surface area contributed by atoms with Crippen LogP contribution in [0.2, 0.25) is 0 Å². The molecule has 0 aliphatic carbocycles. The van der Waals surface area contributed by atoms with Crippen LogP contribution < -0.4 is 15.0 Å². The molecule has 1 fully saturated rings. The summed E-state index contributed by atoms with van der Waals surface area (Å²) < 4.78 is 5.23. The minimum absolute atomic E-state index is 0.828. The minimum atomic E-state index is 0.828. The van der Waals surface area contributed by atoms with E-state index in [-0.39, 0.29) is 0 Å². The van der Waals surface area contributed by atoms with Gasteiger partial charge < -0.3 is 19.9 Å². The fourth-order valence-electron chi connectivity index (χ4n) is 2.88. The highest BCUT2D eigenvalue weighted by Crippen LogP contribution is 2.20. The second-order valence-electron chi connectivity index (χ2n) is 5.70. The number of hydrogen-bond donors (Lipinski definition) is 1. The topological polar surface area (TPSA) is 40.1 Å². The normalized spacial score (nSPS) is 15.5.